The van der Waals surface area contributed by atoms with Crippen LogP contribution >= 0.6 is 0 Å². The summed E-state index contributed by atoms with van der Waals surface area (Å²) in [6, 6.07) is 14.6. The molecule has 0 aromatic heterocycles. The number of rotatable bonds is 5. The average Bonchev–Trinajstić information content (AvgIpc) is 2.85. The fourth-order valence-electron chi connectivity index (χ4n) is 3.43. The second-order valence-electron chi connectivity index (χ2n) is 6.84. The molecule has 3 rings (SSSR count). The molecule has 0 N–H and O–H groups in total. The van der Waals surface area contributed by atoms with Crippen molar-refractivity contribution < 1.29 is 22.4 Å². The van der Waals surface area contributed by atoms with Gasteiger partial charge < -0.3 is 4.90 Å². The molecule has 2 aromatic rings. The average molecular weight is 403 g/mol. The van der Waals surface area contributed by atoms with Crippen molar-refractivity contribution in [2.75, 3.05) is 18.8 Å². The Bertz CT molecular complexity index is 959. The van der Waals surface area contributed by atoms with Crippen LogP contribution < -0.4 is 0 Å². The van der Waals surface area contributed by atoms with Crippen LogP contribution in [0.5, 0.6) is 0 Å². The largest absolute Gasteiger partial charge is 0.342 e. The maximum absolute atomic E-state index is 14.1. The van der Waals surface area contributed by atoms with Crippen molar-refractivity contribution in [2.45, 2.75) is 24.5 Å². The van der Waals surface area contributed by atoms with Gasteiger partial charge in [-0.3, -0.25) is 9.59 Å². The van der Waals surface area contributed by atoms with Gasteiger partial charge in [-0.05, 0) is 12.5 Å². The lowest BCUT2D eigenvalue weighted by molar-refractivity contribution is -0.130. The van der Waals surface area contributed by atoms with Crippen LogP contribution in [0.3, 0.4) is 0 Å². The van der Waals surface area contributed by atoms with E-state index in [4.69, 9.17) is 0 Å². The van der Waals surface area contributed by atoms with Gasteiger partial charge in [-0.1, -0.05) is 48.5 Å². The third kappa shape index (κ3) is 4.65. The summed E-state index contributed by atoms with van der Waals surface area (Å²) in [6.07, 6.45) is 0.239. The highest BCUT2D eigenvalue weighted by Crippen LogP contribution is 2.31. The monoisotopic (exact) mass is 403 g/mol. The van der Waals surface area contributed by atoms with Crippen LogP contribution in [0.4, 0.5) is 4.39 Å². The normalized spacial score (nSPS) is 19.0. The summed E-state index contributed by atoms with van der Waals surface area (Å²) in [6.45, 7) is 0.280. The van der Waals surface area contributed by atoms with E-state index >= 15 is 0 Å². The standard InChI is InChI=1S/C21H22FNO4S/c22-18-9-5-4-8-17(18)20-12-13-23(14-15-28(20,26)27)21(25)11-10-19(24)16-6-2-1-3-7-16/h1-9,20H,10-15H2. The Morgan fingerprint density at radius 3 is 2.36 bits per heavy atom. The minimum atomic E-state index is -3.58. The molecule has 5 nitrogen and oxygen atoms in total. The van der Waals surface area contributed by atoms with Gasteiger partial charge in [-0.2, -0.15) is 0 Å². The third-order valence-electron chi connectivity index (χ3n) is 5.01. The molecule has 0 bridgehead atoms. The first-order valence-corrected chi connectivity index (χ1v) is 10.9. The second-order valence-corrected chi connectivity index (χ2v) is 9.14. The van der Waals surface area contributed by atoms with Crippen LogP contribution in [0.25, 0.3) is 0 Å². The first-order chi connectivity index (χ1) is 13.4. The van der Waals surface area contributed by atoms with Gasteiger partial charge in [0.1, 0.15) is 5.82 Å². The quantitative estimate of drug-likeness (QED) is 0.719. The minimum Gasteiger partial charge on any atom is -0.342 e. The fourth-order valence-corrected chi connectivity index (χ4v) is 5.23. The van der Waals surface area contributed by atoms with Crippen molar-refractivity contribution >= 4 is 21.5 Å². The number of nitrogens with zero attached hydrogens (tertiary/aromatic N) is 1. The van der Waals surface area contributed by atoms with Crippen molar-refractivity contribution in [1.29, 1.82) is 0 Å². The lowest BCUT2D eigenvalue weighted by Gasteiger charge is -2.20. The molecule has 0 radical (unpaired) electrons. The highest BCUT2D eigenvalue weighted by atomic mass is 32.2. The van der Waals surface area contributed by atoms with E-state index < -0.39 is 20.9 Å². The molecule has 0 aliphatic carbocycles. The summed E-state index contributed by atoms with van der Waals surface area (Å²) in [4.78, 5) is 26.2. The molecule has 1 aliphatic rings. The molecule has 7 heteroatoms. The molecule has 28 heavy (non-hydrogen) atoms. The predicted octanol–water partition coefficient (Wildman–Crippen LogP) is 3.18. The van der Waals surface area contributed by atoms with Crippen LogP contribution in [0.1, 0.15) is 40.4 Å². The van der Waals surface area contributed by atoms with E-state index in [1.165, 1.54) is 23.1 Å². The van der Waals surface area contributed by atoms with Gasteiger partial charge in [0.25, 0.3) is 0 Å². The Hall–Kier alpha value is -2.54. The van der Waals surface area contributed by atoms with Crippen LogP contribution in [0, 0.1) is 5.82 Å². The molecule has 1 aliphatic heterocycles. The molecule has 1 heterocycles. The molecule has 1 saturated heterocycles. The zero-order valence-corrected chi connectivity index (χ0v) is 16.2. The lowest BCUT2D eigenvalue weighted by Crippen LogP contribution is -2.33. The van der Waals surface area contributed by atoms with Gasteiger partial charge in [0.15, 0.2) is 15.6 Å². The van der Waals surface area contributed by atoms with Crippen LogP contribution in [-0.4, -0.2) is 43.9 Å². The van der Waals surface area contributed by atoms with E-state index in [2.05, 4.69) is 0 Å². The molecular weight excluding hydrogens is 381 g/mol. The summed E-state index contributed by atoms with van der Waals surface area (Å²) in [7, 11) is -3.58. The summed E-state index contributed by atoms with van der Waals surface area (Å²) >= 11 is 0. The number of carbonyl (C=O) groups excluding carboxylic acids is 2. The van der Waals surface area contributed by atoms with Gasteiger partial charge >= 0.3 is 0 Å². The smallest absolute Gasteiger partial charge is 0.223 e. The number of halogens is 1. The topological polar surface area (TPSA) is 71.5 Å². The fraction of sp³-hybridized carbons (Fsp3) is 0.333. The number of benzene rings is 2. The first-order valence-electron chi connectivity index (χ1n) is 9.20. The number of sulfone groups is 1. The molecular formula is C21H22FNO4S. The summed E-state index contributed by atoms with van der Waals surface area (Å²) in [5.41, 5.74) is 0.699. The Morgan fingerprint density at radius 2 is 1.64 bits per heavy atom. The summed E-state index contributed by atoms with van der Waals surface area (Å²) < 4.78 is 39.3. The van der Waals surface area contributed by atoms with E-state index in [-0.39, 0.29) is 55.4 Å². The lowest BCUT2D eigenvalue weighted by atomic mass is 10.1. The number of Topliss-reactive ketones (excluding diaryl/α,β-unsaturated/α-hetero) is 1. The third-order valence-corrected chi connectivity index (χ3v) is 7.12. The molecule has 1 amide bonds. The summed E-state index contributed by atoms with van der Waals surface area (Å²) in [5.74, 6) is -1.15. The highest BCUT2D eigenvalue weighted by molar-refractivity contribution is 7.91. The number of ketones is 1. The Morgan fingerprint density at radius 1 is 0.964 bits per heavy atom. The van der Waals surface area contributed by atoms with Gasteiger partial charge in [0, 0.05) is 37.1 Å². The maximum atomic E-state index is 14.1. The molecule has 1 unspecified atom stereocenters. The Labute approximate surface area is 164 Å². The van der Waals surface area contributed by atoms with E-state index in [0.717, 1.165) is 0 Å². The van der Waals surface area contributed by atoms with E-state index in [0.29, 0.717) is 5.56 Å². The maximum Gasteiger partial charge on any atom is 0.223 e. The number of hydrogen-bond acceptors (Lipinski definition) is 4. The van der Waals surface area contributed by atoms with Crippen LogP contribution in [0.15, 0.2) is 54.6 Å². The predicted molar refractivity (Wildman–Crippen MR) is 104 cm³/mol. The van der Waals surface area contributed by atoms with Gasteiger partial charge in [-0.15, -0.1) is 0 Å². The van der Waals surface area contributed by atoms with Gasteiger partial charge in [-0.25, -0.2) is 12.8 Å². The van der Waals surface area contributed by atoms with Crippen molar-refractivity contribution in [1.82, 2.24) is 4.90 Å². The first kappa shape index (κ1) is 20.2. The van der Waals surface area contributed by atoms with Crippen molar-refractivity contribution in [3.05, 3.63) is 71.5 Å². The van der Waals surface area contributed by atoms with E-state index in [1.807, 2.05) is 6.07 Å². The minimum absolute atomic E-state index is 0.0259. The Kier molecular flexibility index (Phi) is 6.24. The number of hydrogen-bond donors (Lipinski definition) is 0. The zero-order chi connectivity index (χ0) is 20.1. The van der Waals surface area contributed by atoms with E-state index in [1.54, 1.807) is 30.3 Å². The van der Waals surface area contributed by atoms with Gasteiger partial charge in [0.05, 0.1) is 11.0 Å². The molecule has 1 fully saturated rings. The molecule has 0 spiro atoms. The zero-order valence-electron chi connectivity index (χ0n) is 15.4. The molecule has 2 aromatic carbocycles. The highest BCUT2D eigenvalue weighted by Gasteiger charge is 2.34. The number of amides is 1. The van der Waals surface area contributed by atoms with E-state index in [9.17, 15) is 22.4 Å². The molecule has 1 atom stereocenters. The van der Waals surface area contributed by atoms with Crippen molar-refractivity contribution in [3.63, 3.8) is 0 Å². The van der Waals surface area contributed by atoms with Gasteiger partial charge in [0.2, 0.25) is 5.91 Å². The van der Waals surface area contributed by atoms with Crippen LogP contribution in [0.2, 0.25) is 0 Å². The SMILES string of the molecule is O=C(CCC(=O)N1CCC(c2ccccc2F)S(=O)(=O)CC1)c1ccccc1. The van der Waals surface area contributed by atoms with Crippen LogP contribution in [-0.2, 0) is 14.6 Å². The van der Waals surface area contributed by atoms with Crippen molar-refractivity contribution in [3.8, 4) is 0 Å². The number of carbonyl (C=O) groups is 2. The molecule has 0 saturated carbocycles. The molecule has 148 valence electrons. The second kappa shape index (κ2) is 8.65. The summed E-state index contributed by atoms with van der Waals surface area (Å²) in [5, 5.41) is -0.961. The van der Waals surface area contributed by atoms with Crippen molar-refractivity contribution in [2.24, 2.45) is 0 Å². The Balaban J connectivity index is 1.64.